The van der Waals surface area contributed by atoms with Crippen molar-refractivity contribution in [3.8, 4) is 23.1 Å². The van der Waals surface area contributed by atoms with Gasteiger partial charge in [0, 0.05) is 12.0 Å². The summed E-state index contributed by atoms with van der Waals surface area (Å²) in [7, 11) is 0. The minimum Gasteiger partial charge on any atom is -0.489 e. The molecule has 2 aromatic rings. The number of nitriles is 1. The number of imidazole rings is 1. The molecule has 6 nitrogen and oxygen atoms in total. The van der Waals surface area contributed by atoms with Crippen LogP contribution in [0.15, 0.2) is 24.4 Å². The van der Waals surface area contributed by atoms with Crippen molar-refractivity contribution in [3.63, 3.8) is 0 Å². The van der Waals surface area contributed by atoms with E-state index in [-0.39, 0.29) is 12.7 Å². The van der Waals surface area contributed by atoms with Gasteiger partial charge in [0.2, 0.25) is 0 Å². The Morgan fingerprint density at radius 3 is 2.96 bits per heavy atom. The first-order chi connectivity index (χ1) is 11.8. The molecule has 0 unspecified atom stereocenters. The molecule has 1 aliphatic carbocycles. The maximum Gasteiger partial charge on any atom is 0.293 e. The van der Waals surface area contributed by atoms with Crippen molar-refractivity contribution >= 4 is 6.47 Å². The van der Waals surface area contributed by atoms with Gasteiger partial charge in [-0.15, -0.1) is 0 Å². The van der Waals surface area contributed by atoms with E-state index in [9.17, 15) is 10.1 Å². The van der Waals surface area contributed by atoms with Gasteiger partial charge >= 0.3 is 0 Å². The van der Waals surface area contributed by atoms with Gasteiger partial charge in [0.05, 0.1) is 30.2 Å². The first-order valence-corrected chi connectivity index (χ1v) is 8.10. The van der Waals surface area contributed by atoms with E-state index in [4.69, 9.17) is 4.74 Å². The summed E-state index contributed by atoms with van der Waals surface area (Å²) in [6.07, 6.45) is 6.94. The zero-order chi connectivity index (χ0) is 16.8. The summed E-state index contributed by atoms with van der Waals surface area (Å²) in [6.45, 7) is 0.709. The summed E-state index contributed by atoms with van der Waals surface area (Å²) in [6, 6.07) is 7.79. The summed E-state index contributed by atoms with van der Waals surface area (Å²) in [5.74, 6) is 1.38. The smallest absolute Gasteiger partial charge is 0.293 e. The van der Waals surface area contributed by atoms with Crippen LogP contribution in [0.1, 0.15) is 37.1 Å². The molecule has 1 fully saturated rings. The number of hydrogen-bond donors (Lipinski definition) is 1. The van der Waals surface area contributed by atoms with E-state index in [1.807, 2.05) is 18.2 Å². The maximum absolute atomic E-state index is 10.2. The van der Waals surface area contributed by atoms with Crippen molar-refractivity contribution in [1.82, 2.24) is 9.97 Å². The number of carbonyl (C=O) groups is 1. The van der Waals surface area contributed by atoms with E-state index in [2.05, 4.69) is 20.8 Å². The Morgan fingerprint density at radius 1 is 1.38 bits per heavy atom. The molecule has 1 aromatic heterocycles. The van der Waals surface area contributed by atoms with E-state index in [0.717, 1.165) is 29.9 Å². The molecule has 1 N–H and O–H groups in total. The number of carbonyl (C=O) groups excluding carboxylic acids is 1. The third-order valence-corrected chi connectivity index (χ3v) is 4.16. The highest BCUT2D eigenvalue weighted by Crippen LogP contribution is 2.29. The second-order valence-corrected chi connectivity index (χ2v) is 5.81. The fourth-order valence-electron chi connectivity index (χ4n) is 2.91. The largest absolute Gasteiger partial charge is 0.489 e. The van der Waals surface area contributed by atoms with Gasteiger partial charge in [-0.05, 0) is 43.9 Å². The third kappa shape index (κ3) is 3.74. The molecule has 0 bridgehead atoms. The molecule has 1 saturated carbocycles. The standard InChI is InChI=1S/C18H19N3O3/c19-10-14-9-13(5-6-17(14)24-15-3-1-2-4-15)16-11-20-18(21-16)7-8-23-12-22/h5-6,9,11-12,15H,1-4,7-8H2,(H,20,21). The minimum atomic E-state index is 0.222. The Bertz CT molecular complexity index is 742. The monoisotopic (exact) mass is 325 g/mol. The Kier molecular flexibility index (Phi) is 5.12. The molecule has 0 amide bonds. The number of rotatable bonds is 7. The van der Waals surface area contributed by atoms with Gasteiger partial charge in [0.15, 0.2) is 0 Å². The maximum atomic E-state index is 10.2. The molecule has 1 heterocycles. The number of benzene rings is 1. The van der Waals surface area contributed by atoms with Gasteiger partial charge in [0.25, 0.3) is 6.47 Å². The first-order valence-electron chi connectivity index (χ1n) is 8.10. The lowest BCUT2D eigenvalue weighted by Crippen LogP contribution is -2.11. The molecule has 0 spiro atoms. The zero-order valence-electron chi connectivity index (χ0n) is 13.3. The van der Waals surface area contributed by atoms with Crippen molar-refractivity contribution < 1.29 is 14.3 Å². The average Bonchev–Trinajstić information content (AvgIpc) is 3.27. The van der Waals surface area contributed by atoms with Crippen molar-refractivity contribution in [1.29, 1.82) is 5.26 Å². The lowest BCUT2D eigenvalue weighted by Gasteiger charge is -2.14. The molecular formula is C18H19N3O3. The molecule has 24 heavy (non-hydrogen) atoms. The Labute approximate surface area is 140 Å². The van der Waals surface area contributed by atoms with E-state index in [1.165, 1.54) is 12.8 Å². The number of nitrogens with zero attached hydrogens (tertiary/aromatic N) is 2. The number of aromatic nitrogens is 2. The predicted molar refractivity (Wildman–Crippen MR) is 87.3 cm³/mol. The van der Waals surface area contributed by atoms with Gasteiger partial charge in [-0.1, -0.05) is 0 Å². The van der Waals surface area contributed by atoms with Gasteiger partial charge in [-0.2, -0.15) is 5.26 Å². The summed E-state index contributed by atoms with van der Waals surface area (Å²) < 4.78 is 10.6. The van der Waals surface area contributed by atoms with E-state index in [1.54, 1.807) is 6.20 Å². The third-order valence-electron chi connectivity index (χ3n) is 4.16. The highest BCUT2D eigenvalue weighted by molar-refractivity contribution is 5.63. The predicted octanol–water partition coefficient (Wildman–Crippen LogP) is 2.99. The topological polar surface area (TPSA) is 88.0 Å². The highest BCUT2D eigenvalue weighted by atomic mass is 16.5. The van der Waals surface area contributed by atoms with Crippen LogP contribution in [0.5, 0.6) is 5.75 Å². The number of H-pyrrole nitrogens is 1. The van der Waals surface area contributed by atoms with Gasteiger partial charge < -0.3 is 14.5 Å². The van der Waals surface area contributed by atoms with Crippen LogP contribution in [-0.2, 0) is 16.0 Å². The Hall–Kier alpha value is -2.81. The number of ether oxygens (including phenoxy) is 2. The molecule has 1 aliphatic rings. The van der Waals surface area contributed by atoms with Crippen molar-refractivity contribution in [2.75, 3.05) is 6.61 Å². The van der Waals surface area contributed by atoms with Crippen LogP contribution >= 0.6 is 0 Å². The molecule has 0 aliphatic heterocycles. The van der Waals surface area contributed by atoms with Crippen LogP contribution < -0.4 is 4.74 Å². The van der Waals surface area contributed by atoms with Crippen molar-refractivity contribution in [3.05, 3.63) is 35.8 Å². The summed E-state index contributed by atoms with van der Waals surface area (Å²) >= 11 is 0. The normalized spacial score (nSPS) is 14.3. The zero-order valence-corrected chi connectivity index (χ0v) is 13.3. The van der Waals surface area contributed by atoms with Gasteiger partial charge in [-0.25, -0.2) is 4.98 Å². The van der Waals surface area contributed by atoms with Crippen molar-refractivity contribution in [2.45, 2.75) is 38.2 Å². The Morgan fingerprint density at radius 2 is 2.21 bits per heavy atom. The average molecular weight is 325 g/mol. The number of hydrogen-bond acceptors (Lipinski definition) is 5. The van der Waals surface area contributed by atoms with Crippen molar-refractivity contribution in [2.24, 2.45) is 0 Å². The van der Waals surface area contributed by atoms with E-state index in [0.29, 0.717) is 24.2 Å². The van der Waals surface area contributed by atoms with Crippen LogP contribution in [0.2, 0.25) is 0 Å². The highest BCUT2D eigenvalue weighted by Gasteiger charge is 2.18. The van der Waals surface area contributed by atoms with Crippen LogP contribution in [0.25, 0.3) is 11.3 Å². The fraction of sp³-hybridized carbons (Fsp3) is 0.389. The van der Waals surface area contributed by atoms with Crippen LogP contribution in [0.4, 0.5) is 0 Å². The van der Waals surface area contributed by atoms with Crippen LogP contribution in [0, 0.1) is 11.3 Å². The molecule has 0 saturated heterocycles. The van der Waals surface area contributed by atoms with E-state index < -0.39 is 0 Å². The fourth-order valence-corrected chi connectivity index (χ4v) is 2.91. The second kappa shape index (κ2) is 7.64. The molecular weight excluding hydrogens is 306 g/mol. The Balaban J connectivity index is 1.74. The van der Waals surface area contributed by atoms with Crippen LogP contribution in [-0.4, -0.2) is 29.2 Å². The minimum absolute atomic E-state index is 0.222. The number of aromatic amines is 1. The number of nitrogens with one attached hydrogen (secondary N) is 1. The molecule has 124 valence electrons. The molecule has 6 heteroatoms. The molecule has 0 radical (unpaired) electrons. The first kappa shape index (κ1) is 16.1. The molecule has 3 rings (SSSR count). The summed E-state index contributed by atoms with van der Waals surface area (Å²) in [5, 5.41) is 9.41. The molecule has 0 atom stereocenters. The lowest BCUT2D eigenvalue weighted by atomic mass is 10.1. The quantitative estimate of drug-likeness (QED) is 0.624. The second-order valence-electron chi connectivity index (χ2n) is 5.81. The SMILES string of the molecule is N#Cc1cc(-c2cnc(CCOC=O)[nH]2)ccc1OC1CCCC1. The summed E-state index contributed by atoms with van der Waals surface area (Å²) in [5.41, 5.74) is 2.22. The lowest BCUT2D eigenvalue weighted by molar-refractivity contribution is -0.128. The van der Waals surface area contributed by atoms with E-state index >= 15 is 0 Å². The van der Waals surface area contributed by atoms with Crippen LogP contribution in [0.3, 0.4) is 0 Å². The molecule has 1 aromatic carbocycles. The van der Waals surface area contributed by atoms with Gasteiger partial charge in [0.1, 0.15) is 17.6 Å². The summed E-state index contributed by atoms with van der Waals surface area (Å²) in [4.78, 5) is 17.6. The van der Waals surface area contributed by atoms with Gasteiger partial charge in [-0.3, -0.25) is 4.79 Å².